The Morgan fingerprint density at radius 2 is 2.21 bits per heavy atom. The Morgan fingerprint density at radius 1 is 1.58 bits per heavy atom. The van der Waals surface area contributed by atoms with Crippen molar-refractivity contribution >= 4 is 27.5 Å². The van der Waals surface area contributed by atoms with Gasteiger partial charge in [0, 0.05) is 6.42 Å². The molecular weight excluding hydrogens is 295 g/mol. The summed E-state index contributed by atoms with van der Waals surface area (Å²) in [7, 11) is -4.34. The number of nitrogens with two attached hydrogens (primary N) is 1. The molecule has 0 heterocycles. The summed E-state index contributed by atoms with van der Waals surface area (Å²) in [6, 6.07) is 2.07. The molecule has 19 heavy (non-hydrogen) atoms. The second-order valence-corrected chi connectivity index (χ2v) is 5.59. The first kappa shape index (κ1) is 15.4. The normalized spacial score (nSPS) is 12.7. The van der Waals surface area contributed by atoms with Crippen LogP contribution in [0.4, 0.5) is 4.39 Å². The van der Waals surface area contributed by atoms with Crippen LogP contribution in [0.2, 0.25) is 5.02 Å². The number of carbonyl (C=O) groups excluding carboxylic acids is 1. The monoisotopic (exact) mass is 304 g/mol. The van der Waals surface area contributed by atoms with Crippen LogP contribution in [0.3, 0.4) is 0 Å². The Bertz CT molecular complexity index is 620. The molecule has 1 atom stereocenters. The summed E-state index contributed by atoms with van der Waals surface area (Å²) in [4.78, 5) is 10.3. The van der Waals surface area contributed by atoms with Crippen molar-refractivity contribution in [2.75, 3.05) is 0 Å². The largest absolute Gasteiger partial charge is 0.368 e. The lowest BCUT2D eigenvalue weighted by Crippen LogP contribution is -2.44. The summed E-state index contributed by atoms with van der Waals surface area (Å²) in [6.45, 7) is 0. The third-order valence-electron chi connectivity index (χ3n) is 2.15. The number of hydrogen-bond acceptors (Lipinski definition) is 3. The zero-order valence-corrected chi connectivity index (χ0v) is 11.1. The molecule has 0 saturated heterocycles. The highest BCUT2D eigenvalue weighted by Crippen LogP contribution is 2.24. The lowest BCUT2D eigenvalue weighted by atomic mass is 10.2. The zero-order valence-electron chi connectivity index (χ0n) is 9.56. The number of carbonyl (C=O) groups is 1. The Balaban J connectivity index is 3.19. The second-order valence-electron chi connectivity index (χ2n) is 3.54. The maximum absolute atomic E-state index is 13.5. The summed E-state index contributed by atoms with van der Waals surface area (Å²) in [5.41, 5.74) is 5.00. The molecule has 0 unspecified atom stereocenters. The zero-order chi connectivity index (χ0) is 14.6. The van der Waals surface area contributed by atoms with Gasteiger partial charge in [0.2, 0.25) is 15.9 Å². The van der Waals surface area contributed by atoms with Crippen LogP contribution in [-0.4, -0.2) is 20.4 Å². The van der Waals surface area contributed by atoms with Gasteiger partial charge in [-0.3, -0.25) is 4.79 Å². The Morgan fingerprint density at radius 3 is 2.68 bits per heavy atom. The van der Waals surface area contributed by atoms with E-state index >= 15 is 0 Å². The van der Waals surface area contributed by atoms with E-state index in [1.54, 1.807) is 0 Å². The van der Waals surface area contributed by atoms with Gasteiger partial charge in [0.25, 0.3) is 0 Å². The van der Waals surface area contributed by atoms with Gasteiger partial charge in [0.05, 0.1) is 5.02 Å². The lowest BCUT2D eigenvalue weighted by molar-refractivity contribution is -0.119. The summed E-state index contributed by atoms with van der Waals surface area (Å²) < 4.78 is 39.3. The van der Waals surface area contributed by atoms with E-state index in [1.165, 1.54) is 12.1 Å². The van der Waals surface area contributed by atoms with Crippen molar-refractivity contribution in [3.63, 3.8) is 0 Å². The summed E-state index contributed by atoms with van der Waals surface area (Å²) in [6.07, 6.45) is 4.74. The molecule has 0 bridgehead atoms. The number of terminal acetylenes is 1. The standard InChI is InChI=1S/C11H10ClFN2O3S/c1-2-4-9(11(14)16)15-19(17,18)10-7(12)5-3-6-8(10)13/h1,3,5-6,9,15H,4H2,(H2,14,16)/t9-/m1/s1. The van der Waals surface area contributed by atoms with Crippen molar-refractivity contribution in [2.45, 2.75) is 17.4 Å². The number of sulfonamides is 1. The smallest absolute Gasteiger partial charge is 0.245 e. The van der Waals surface area contributed by atoms with Crippen molar-refractivity contribution in [2.24, 2.45) is 5.73 Å². The van der Waals surface area contributed by atoms with E-state index in [1.807, 2.05) is 4.72 Å². The molecule has 0 aromatic heterocycles. The average Bonchev–Trinajstić information content (AvgIpc) is 2.27. The molecule has 0 aliphatic carbocycles. The van der Waals surface area contributed by atoms with E-state index in [-0.39, 0.29) is 11.4 Å². The Kier molecular flexibility index (Phi) is 4.89. The molecule has 102 valence electrons. The van der Waals surface area contributed by atoms with Gasteiger partial charge in [-0.1, -0.05) is 17.7 Å². The Hall–Kier alpha value is -1.62. The molecule has 1 amide bonds. The van der Waals surface area contributed by atoms with Gasteiger partial charge in [0.15, 0.2) is 0 Å². The van der Waals surface area contributed by atoms with Gasteiger partial charge in [-0.15, -0.1) is 12.3 Å². The quantitative estimate of drug-likeness (QED) is 0.782. The van der Waals surface area contributed by atoms with Crippen LogP contribution in [0.5, 0.6) is 0 Å². The third-order valence-corrected chi connectivity index (χ3v) is 4.12. The number of benzene rings is 1. The van der Waals surface area contributed by atoms with Gasteiger partial charge >= 0.3 is 0 Å². The molecule has 8 heteroatoms. The van der Waals surface area contributed by atoms with Gasteiger partial charge < -0.3 is 5.73 Å². The molecule has 1 rings (SSSR count). The van der Waals surface area contributed by atoms with Crippen molar-refractivity contribution in [3.8, 4) is 12.3 Å². The highest BCUT2D eigenvalue weighted by molar-refractivity contribution is 7.89. The van der Waals surface area contributed by atoms with Gasteiger partial charge in [-0.25, -0.2) is 12.8 Å². The number of hydrogen-bond donors (Lipinski definition) is 2. The third kappa shape index (κ3) is 3.67. The van der Waals surface area contributed by atoms with E-state index in [0.29, 0.717) is 0 Å². The first-order valence-electron chi connectivity index (χ1n) is 4.98. The van der Waals surface area contributed by atoms with Crippen molar-refractivity contribution < 1.29 is 17.6 Å². The van der Waals surface area contributed by atoms with Crippen LogP contribution in [0.15, 0.2) is 23.1 Å². The SMILES string of the molecule is C#CC[C@@H](NS(=O)(=O)c1c(F)cccc1Cl)C(N)=O. The van der Waals surface area contributed by atoms with E-state index in [4.69, 9.17) is 23.8 Å². The molecule has 0 aliphatic rings. The summed E-state index contributed by atoms with van der Waals surface area (Å²) in [5.74, 6) is 0.0960. The molecule has 0 radical (unpaired) electrons. The molecule has 3 N–H and O–H groups in total. The maximum atomic E-state index is 13.5. The first-order valence-corrected chi connectivity index (χ1v) is 6.85. The second kappa shape index (κ2) is 6.02. The molecule has 0 spiro atoms. The van der Waals surface area contributed by atoms with E-state index in [9.17, 15) is 17.6 Å². The lowest BCUT2D eigenvalue weighted by Gasteiger charge is -2.14. The van der Waals surface area contributed by atoms with E-state index < -0.39 is 32.7 Å². The number of rotatable bonds is 5. The van der Waals surface area contributed by atoms with Crippen molar-refractivity contribution in [3.05, 3.63) is 29.0 Å². The predicted molar refractivity (Wildman–Crippen MR) is 68.2 cm³/mol. The van der Waals surface area contributed by atoms with Crippen molar-refractivity contribution in [1.29, 1.82) is 0 Å². The number of primary amides is 1. The van der Waals surface area contributed by atoms with Crippen LogP contribution >= 0.6 is 11.6 Å². The average molecular weight is 305 g/mol. The molecular formula is C11H10ClFN2O3S. The van der Waals surface area contributed by atoms with Crippen LogP contribution in [0, 0.1) is 18.2 Å². The summed E-state index contributed by atoms with van der Waals surface area (Å²) in [5, 5.41) is -0.309. The fourth-order valence-corrected chi connectivity index (χ4v) is 3.11. The van der Waals surface area contributed by atoms with Crippen LogP contribution in [-0.2, 0) is 14.8 Å². The minimum atomic E-state index is -4.34. The highest BCUT2D eigenvalue weighted by atomic mass is 35.5. The minimum absolute atomic E-state index is 0.249. The number of halogens is 2. The predicted octanol–water partition coefficient (Wildman–Crippen LogP) is 0.635. The minimum Gasteiger partial charge on any atom is -0.368 e. The maximum Gasteiger partial charge on any atom is 0.245 e. The fourth-order valence-electron chi connectivity index (χ4n) is 1.30. The summed E-state index contributed by atoms with van der Waals surface area (Å²) >= 11 is 5.64. The van der Waals surface area contributed by atoms with Crippen LogP contribution in [0.1, 0.15) is 6.42 Å². The topological polar surface area (TPSA) is 89.3 Å². The van der Waals surface area contributed by atoms with Gasteiger partial charge in [0.1, 0.15) is 16.8 Å². The van der Waals surface area contributed by atoms with Crippen LogP contribution < -0.4 is 10.5 Å². The molecule has 0 fully saturated rings. The molecule has 5 nitrogen and oxygen atoms in total. The highest BCUT2D eigenvalue weighted by Gasteiger charge is 2.27. The molecule has 0 saturated carbocycles. The van der Waals surface area contributed by atoms with E-state index in [2.05, 4.69) is 5.92 Å². The number of nitrogens with one attached hydrogen (secondary N) is 1. The van der Waals surface area contributed by atoms with Crippen LogP contribution in [0.25, 0.3) is 0 Å². The first-order chi connectivity index (χ1) is 8.79. The Labute approximate surface area is 115 Å². The van der Waals surface area contributed by atoms with Gasteiger partial charge in [-0.2, -0.15) is 4.72 Å². The molecule has 0 aliphatic heterocycles. The molecule has 1 aromatic carbocycles. The molecule has 1 aromatic rings. The fraction of sp³-hybridized carbons (Fsp3) is 0.182. The van der Waals surface area contributed by atoms with Gasteiger partial charge in [-0.05, 0) is 12.1 Å². The van der Waals surface area contributed by atoms with Crippen molar-refractivity contribution in [1.82, 2.24) is 4.72 Å². The number of amides is 1. The van der Waals surface area contributed by atoms with E-state index in [0.717, 1.165) is 6.07 Å².